The molecule has 0 spiro atoms. The standard InChI is InChI=1S/C14H12BrN3O3/c1-7-5-10(8(2)18-17-7)13(19)16-12-4-3-9(14(20)21)6-11(12)15/h3-6H,1-2H3,(H,16,19)(H,20,21). The molecular formula is C14H12BrN3O3. The van der Waals surface area contributed by atoms with Crippen molar-refractivity contribution in [3.05, 3.63) is 51.3 Å². The van der Waals surface area contributed by atoms with Crippen LogP contribution in [0, 0.1) is 13.8 Å². The zero-order valence-electron chi connectivity index (χ0n) is 11.3. The molecular weight excluding hydrogens is 338 g/mol. The largest absolute Gasteiger partial charge is 0.478 e. The van der Waals surface area contributed by atoms with E-state index in [1.165, 1.54) is 18.2 Å². The molecule has 0 bridgehead atoms. The van der Waals surface area contributed by atoms with Crippen molar-refractivity contribution in [1.29, 1.82) is 0 Å². The van der Waals surface area contributed by atoms with E-state index in [2.05, 4.69) is 31.4 Å². The van der Waals surface area contributed by atoms with Gasteiger partial charge >= 0.3 is 5.97 Å². The van der Waals surface area contributed by atoms with E-state index in [1.54, 1.807) is 19.9 Å². The highest BCUT2D eigenvalue weighted by molar-refractivity contribution is 9.10. The van der Waals surface area contributed by atoms with Crippen LogP contribution in [-0.4, -0.2) is 27.2 Å². The van der Waals surface area contributed by atoms with E-state index < -0.39 is 5.97 Å². The molecule has 1 amide bonds. The molecule has 0 saturated heterocycles. The fourth-order valence-corrected chi connectivity index (χ4v) is 2.20. The summed E-state index contributed by atoms with van der Waals surface area (Å²) < 4.78 is 0.493. The van der Waals surface area contributed by atoms with Crippen molar-refractivity contribution in [2.75, 3.05) is 5.32 Å². The number of amides is 1. The lowest BCUT2D eigenvalue weighted by Crippen LogP contribution is -2.15. The number of carboxylic acid groups (broad SMARTS) is 1. The highest BCUT2D eigenvalue weighted by atomic mass is 79.9. The Balaban J connectivity index is 2.27. The van der Waals surface area contributed by atoms with E-state index in [1.807, 2.05) is 0 Å². The van der Waals surface area contributed by atoms with E-state index in [-0.39, 0.29) is 11.5 Å². The number of anilines is 1. The third-order valence-corrected chi connectivity index (χ3v) is 3.47. The van der Waals surface area contributed by atoms with Gasteiger partial charge in [-0.05, 0) is 54.0 Å². The quantitative estimate of drug-likeness (QED) is 0.888. The van der Waals surface area contributed by atoms with Crippen LogP contribution >= 0.6 is 15.9 Å². The third kappa shape index (κ3) is 3.43. The van der Waals surface area contributed by atoms with Crippen LogP contribution < -0.4 is 5.32 Å². The SMILES string of the molecule is Cc1cc(C(=O)Nc2ccc(C(=O)O)cc2Br)c(C)nn1. The smallest absolute Gasteiger partial charge is 0.335 e. The minimum Gasteiger partial charge on any atom is -0.478 e. The Morgan fingerprint density at radius 2 is 1.90 bits per heavy atom. The maximum Gasteiger partial charge on any atom is 0.335 e. The zero-order valence-corrected chi connectivity index (χ0v) is 12.9. The Morgan fingerprint density at radius 3 is 2.52 bits per heavy atom. The molecule has 2 aromatic rings. The molecule has 6 nitrogen and oxygen atoms in total. The molecule has 0 saturated carbocycles. The van der Waals surface area contributed by atoms with Crippen molar-refractivity contribution in [2.24, 2.45) is 0 Å². The van der Waals surface area contributed by atoms with Gasteiger partial charge in [0.1, 0.15) is 0 Å². The summed E-state index contributed by atoms with van der Waals surface area (Å²) in [5, 5.41) is 19.4. The Kier molecular flexibility index (Phi) is 4.32. The number of carbonyl (C=O) groups is 2. The Hall–Kier alpha value is -2.28. The van der Waals surface area contributed by atoms with Gasteiger partial charge in [0.15, 0.2) is 0 Å². The monoisotopic (exact) mass is 349 g/mol. The van der Waals surface area contributed by atoms with E-state index >= 15 is 0 Å². The first-order valence-electron chi connectivity index (χ1n) is 6.03. The molecule has 2 rings (SSSR count). The minimum atomic E-state index is -1.03. The summed E-state index contributed by atoms with van der Waals surface area (Å²) in [4.78, 5) is 23.1. The second kappa shape index (κ2) is 6.01. The van der Waals surface area contributed by atoms with E-state index in [4.69, 9.17) is 5.11 Å². The van der Waals surface area contributed by atoms with Crippen molar-refractivity contribution in [2.45, 2.75) is 13.8 Å². The molecule has 0 aliphatic carbocycles. The number of halogens is 1. The van der Waals surface area contributed by atoms with Crippen LogP contribution in [0.25, 0.3) is 0 Å². The lowest BCUT2D eigenvalue weighted by Gasteiger charge is -2.09. The summed E-state index contributed by atoms with van der Waals surface area (Å²) in [6.07, 6.45) is 0. The molecule has 0 radical (unpaired) electrons. The Labute approximate surface area is 129 Å². The molecule has 0 fully saturated rings. The maximum atomic E-state index is 12.2. The predicted molar refractivity (Wildman–Crippen MR) is 80.6 cm³/mol. The molecule has 1 aromatic carbocycles. The lowest BCUT2D eigenvalue weighted by atomic mass is 10.1. The third-order valence-electron chi connectivity index (χ3n) is 2.81. The first-order valence-corrected chi connectivity index (χ1v) is 6.83. The van der Waals surface area contributed by atoms with Crippen LogP contribution in [0.5, 0.6) is 0 Å². The van der Waals surface area contributed by atoms with Crippen molar-refractivity contribution in [1.82, 2.24) is 10.2 Å². The maximum absolute atomic E-state index is 12.2. The van der Waals surface area contributed by atoms with Gasteiger partial charge in [0, 0.05) is 4.47 Å². The average Bonchev–Trinajstić information content (AvgIpc) is 2.43. The number of hydrogen-bond donors (Lipinski definition) is 2. The average molecular weight is 350 g/mol. The van der Waals surface area contributed by atoms with Crippen molar-refractivity contribution < 1.29 is 14.7 Å². The second-order valence-electron chi connectivity index (χ2n) is 4.44. The number of aromatic carboxylic acids is 1. The second-order valence-corrected chi connectivity index (χ2v) is 5.29. The van der Waals surface area contributed by atoms with Crippen LogP contribution in [0.15, 0.2) is 28.7 Å². The van der Waals surface area contributed by atoms with Gasteiger partial charge in [-0.1, -0.05) is 0 Å². The van der Waals surface area contributed by atoms with E-state index in [9.17, 15) is 9.59 Å². The Morgan fingerprint density at radius 1 is 1.19 bits per heavy atom. The molecule has 21 heavy (non-hydrogen) atoms. The number of carboxylic acids is 1. The number of aryl methyl sites for hydroxylation is 2. The number of benzene rings is 1. The molecule has 0 atom stereocenters. The van der Waals surface area contributed by atoms with Crippen LogP contribution in [0.1, 0.15) is 32.1 Å². The van der Waals surface area contributed by atoms with Crippen molar-refractivity contribution in [3.8, 4) is 0 Å². The minimum absolute atomic E-state index is 0.137. The molecule has 0 aliphatic heterocycles. The first-order chi connectivity index (χ1) is 9.88. The fraction of sp³-hybridized carbons (Fsp3) is 0.143. The van der Waals surface area contributed by atoms with Gasteiger partial charge in [-0.3, -0.25) is 4.79 Å². The van der Waals surface area contributed by atoms with Crippen LogP contribution in [-0.2, 0) is 0 Å². The summed E-state index contributed by atoms with van der Waals surface area (Å²) in [6.45, 7) is 3.45. The van der Waals surface area contributed by atoms with Crippen LogP contribution in [0.3, 0.4) is 0 Å². The van der Waals surface area contributed by atoms with Gasteiger partial charge in [-0.25, -0.2) is 4.79 Å². The van der Waals surface area contributed by atoms with Crippen LogP contribution in [0.4, 0.5) is 5.69 Å². The summed E-state index contributed by atoms with van der Waals surface area (Å²) >= 11 is 3.24. The van der Waals surface area contributed by atoms with Gasteiger partial charge in [-0.15, -0.1) is 0 Å². The Bertz CT molecular complexity index is 731. The summed E-state index contributed by atoms with van der Waals surface area (Å²) in [7, 11) is 0. The predicted octanol–water partition coefficient (Wildman–Crippen LogP) is 2.81. The number of carbonyl (C=O) groups excluding carboxylic acids is 1. The summed E-state index contributed by atoms with van der Waals surface area (Å²) in [5.41, 5.74) is 2.22. The number of nitrogens with zero attached hydrogens (tertiary/aromatic N) is 2. The zero-order chi connectivity index (χ0) is 15.6. The van der Waals surface area contributed by atoms with Crippen molar-refractivity contribution in [3.63, 3.8) is 0 Å². The molecule has 0 aliphatic rings. The molecule has 0 unspecified atom stereocenters. The highest BCUT2D eigenvalue weighted by Crippen LogP contribution is 2.24. The van der Waals surface area contributed by atoms with Gasteiger partial charge < -0.3 is 10.4 Å². The van der Waals surface area contributed by atoms with Gasteiger partial charge in [0.05, 0.1) is 28.2 Å². The van der Waals surface area contributed by atoms with E-state index in [0.717, 1.165) is 0 Å². The van der Waals surface area contributed by atoms with Crippen LogP contribution in [0.2, 0.25) is 0 Å². The van der Waals surface area contributed by atoms with Crippen molar-refractivity contribution >= 4 is 33.5 Å². The summed E-state index contributed by atoms with van der Waals surface area (Å²) in [5.74, 6) is -1.35. The van der Waals surface area contributed by atoms with Gasteiger partial charge in [-0.2, -0.15) is 10.2 Å². The first kappa shape index (κ1) is 15.1. The fourth-order valence-electron chi connectivity index (χ4n) is 1.72. The topological polar surface area (TPSA) is 92.2 Å². The normalized spacial score (nSPS) is 10.2. The number of nitrogens with one attached hydrogen (secondary N) is 1. The highest BCUT2D eigenvalue weighted by Gasteiger charge is 2.14. The number of rotatable bonds is 3. The van der Waals surface area contributed by atoms with Gasteiger partial charge in [0.2, 0.25) is 0 Å². The van der Waals surface area contributed by atoms with Gasteiger partial charge in [0.25, 0.3) is 5.91 Å². The molecule has 2 N–H and O–H groups in total. The number of hydrogen-bond acceptors (Lipinski definition) is 4. The van der Waals surface area contributed by atoms with E-state index in [0.29, 0.717) is 27.1 Å². The molecule has 7 heteroatoms. The molecule has 108 valence electrons. The summed E-state index contributed by atoms with van der Waals surface area (Å²) in [6, 6.07) is 6.03. The molecule has 1 aromatic heterocycles. The number of aromatic nitrogens is 2. The molecule has 1 heterocycles. The lowest BCUT2D eigenvalue weighted by molar-refractivity contribution is 0.0696.